The molecule has 0 heterocycles. The third kappa shape index (κ3) is 12.9. The largest absolute Gasteiger partial charge is 0.479 e. The van der Waals surface area contributed by atoms with E-state index in [0.29, 0.717) is 6.42 Å². The van der Waals surface area contributed by atoms with Crippen molar-refractivity contribution in [3.63, 3.8) is 0 Å². The topological polar surface area (TPSA) is 90.2 Å². The van der Waals surface area contributed by atoms with Gasteiger partial charge < -0.3 is 15.2 Å². The van der Waals surface area contributed by atoms with Crippen LogP contribution in [0.3, 0.4) is 0 Å². The molecule has 0 amide bonds. The lowest BCUT2D eigenvalue weighted by Gasteiger charge is -2.16. The summed E-state index contributed by atoms with van der Waals surface area (Å²) in [6.45, 7) is 1.88. The van der Waals surface area contributed by atoms with Gasteiger partial charge in [0.25, 0.3) is 0 Å². The van der Waals surface area contributed by atoms with Gasteiger partial charge in [0.1, 0.15) is 6.21 Å². The van der Waals surface area contributed by atoms with E-state index < -0.39 is 10.8 Å². The van der Waals surface area contributed by atoms with Gasteiger partial charge in [0.2, 0.25) is 4.84 Å². The average molecular weight is 377 g/mol. The van der Waals surface area contributed by atoms with Crippen molar-refractivity contribution in [1.82, 2.24) is 4.90 Å². The molecular weight excluding hydrogens is 355 g/mol. The number of hydrogen-bond donors (Lipinski definition) is 2. The zero-order valence-corrected chi connectivity index (χ0v) is 15.0. The molecule has 24 heavy (non-hydrogen) atoms. The van der Waals surface area contributed by atoms with Crippen LogP contribution >= 0.6 is 23.2 Å². The number of carboxylic acid groups (broad SMARTS) is 1. The van der Waals surface area contributed by atoms with E-state index in [4.69, 9.17) is 33.5 Å². The van der Waals surface area contributed by atoms with Crippen molar-refractivity contribution in [2.75, 3.05) is 13.6 Å². The molecule has 0 radical (unpaired) electrons. The second-order valence-electron chi connectivity index (χ2n) is 5.03. The highest BCUT2D eigenvalue weighted by Gasteiger charge is 2.05. The van der Waals surface area contributed by atoms with E-state index in [9.17, 15) is 9.59 Å². The van der Waals surface area contributed by atoms with E-state index in [1.54, 1.807) is 0 Å². The number of Topliss-reactive ketones (excluding diaryl/α,β-unsaturated/α-hetero) is 1. The number of aliphatic carboxylic acids is 1. The molecule has 0 bridgehead atoms. The summed E-state index contributed by atoms with van der Waals surface area (Å²) in [4.78, 5) is 21.4. The quantitative estimate of drug-likeness (QED) is 0.227. The first-order valence-electron chi connectivity index (χ1n) is 7.30. The smallest absolute Gasteiger partial charge is 0.337 e. The summed E-state index contributed by atoms with van der Waals surface area (Å²) in [6, 6.07) is 10.3. The first-order chi connectivity index (χ1) is 11.4. The highest BCUT2D eigenvalue weighted by molar-refractivity contribution is 6.52. The van der Waals surface area contributed by atoms with Gasteiger partial charge >= 0.3 is 5.97 Å². The standard InChI is InChI=1S/C14H20N2O2.C2H2Cl2O2/c1-16(12-13-7-3-2-4-8-13)10-6-5-9-14(17)11-15-18;3-1(4)2(5)6/h2-4,7-8,11,18H,5-6,9-10,12H2,1H3;1H,(H,5,6)/b15-11+;. The van der Waals surface area contributed by atoms with E-state index >= 15 is 0 Å². The minimum Gasteiger partial charge on any atom is -0.479 e. The minimum absolute atomic E-state index is 0.122. The Kier molecular flexibility index (Phi) is 12.8. The lowest BCUT2D eigenvalue weighted by Crippen LogP contribution is -2.19. The number of alkyl halides is 2. The fourth-order valence-electron chi connectivity index (χ4n) is 1.78. The van der Waals surface area contributed by atoms with Crippen molar-refractivity contribution < 1.29 is 19.9 Å². The van der Waals surface area contributed by atoms with Gasteiger partial charge in [-0.3, -0.25) is 4.79 Å². The molecule has 1 aromatic carbocycles. The van der Waals surface area contributed by atoms with Crippen molar-refractivity contribution in [3.05, 3.63) is 35.9 Å². The average Bonchev–Trinajstić information content (AvgIpc) is 2.53. The molecule has 0 saturated heterocycles. The SMILES string of the molecule is CN(CCCCC(=O)/C=N/O)Cc1ccccc1.O=C(O)C(Cl)Cl. The Bertz CT molecular complexity index is 510. The summed E-state index contributed by atoms with van der Waals surface area (Å²) in [5.74, 6) is -1.33. The maximum atomic E-state index is 11.1. The van der Waals surface area contributed by atoms with E-state index in [-0.39, 0.29) is 5.78 Å². The monoisotopic (exact) mass is 376 g/mol. The van der Waals surface area contributed by atoms with Crippen LogP contribution in [0.15, 0.2) is 35.5 Å². The molecule has 8 heteroatoms. The molecule has 0 unspecified atom stereocenters. The third-order valence-electron chi connectivity index (χ3n) is 2.90. The summed E-state index contributed by atoms with van der Waals surface area (Å²) >= 11 is 9.56. The van der Waals surface area contributed by atoms with Gasteiger partial charge in [-0.2, -0.15) is 0 Å². The summed E-state index contributed by atoms with van der Waals surface area (Å²) in [7, 11) is 2.07. The van der Waals surface area contributed by atoms with Crippen LogP contribution in [0.5, 0.6) is 0 Å². The van der Waals surface area contributed by atoms with Crippen molar-refractivity contribution in [3.8, 4) is 0 Å². The second-order valence-corrected chi connectivity index (χ2v) is 6.13. The molecule has 0 spiro atoms. The number of hydrogen-bond acceptors (Lipinski definition) is 5. The van der Waals surface area contributed by atoms with Gasteiger partial charge in [-0.05, 0) is 32.0 Å². The number of carbonyl (C=O) groups excluding carboxylic acids is 1. The van der Waals surface area contributed by atoms with E-state index in [1.165, 1.54) is 5.56 Å². The number of rotatable bonds is 9. The molecule has 0 atom stereocenters. The lowest BCUT2D eigenvalue weighted by molar-refractivity contribution is -0.135. The number of nitrogens with zero attached hydrogens (tertiary/aromatic N) is 2. The molecule has 2 N–H and O–H groups in total. The fourth-order valence-corrected chi connectivity index (χ4v) is 1.78. The first kappa shape index (κ1) is 22.4. The summed E-state index contributed by atoms with van der Waals surface area (Å²) < 4.78 is 0. The minimum atomic E-state index is -1.29. The Morgan fingerprint density at radius 1 is 1.25 bits per heavy atom. The molecule has 0 aromatic heterocycles. The van der Waals surface area contributed by atoms with Crippen molar-refractivity contribution in [1.29, 1.82) is 0 Å². The van der Waals surface area contributed by atoms with Gasteiger partial charge in [0.15, 0.2) is 5.78 Å². The maximum absolute atomic E-state index is 11.1. The van der Waals surface area contributed by atoms with Crippen LogP contribution in [0.2, 0.25) is 0 Å². The zero-order valence-electron chi connectivity index (χ0n) is 13.4. The second kappa shape index (κ2) is 13.8. The van der Waals surface area contributed by atoms with Gasteiger partial charge in [0.05, 0.1) is 0 Å². The molecule has 0 saturated carbocycles. The Balaban J connectivity index is 0.000000754. The van der Waals surface area contributed by atoms with Crippen LogP contribution in [0.4, 0.5) is 0 Å². The van der Waals surface area contributed by atoms with Crippen LogP contribution in [0.1, 0.15) is 24.8 Å². The summed E-state index contributed by atoms with van der Waals surface area (Å²) in [6.07, 6.45) is 3.20. The molecule has 0 aliphatic carbocycles. The molecule has 1 rings (SSSR count). The molecule has 0 aliphatic heterocycles. The van der Waals surface area contributed by atoms with Gasteiger partial charge in [-0.1, -0.05) is 58.7 Å². The predicted octanol–water partition coefficient (Wildman–Crippen LogP) is 3.19. The first-order valence-corrected chi connectivity index (χ1v) is 8.17. The van der Waals surface area contributed by atoms with E-state index in [1.807, 2.05) is 18.2 Å². The number of oxime groups is 1. The number of carboxylic acids is 1. The van der Waals surface area contributed by atoms with Crippen molar-refractivity contribution >= 4 is 41.2 Å². The highest BCUT2D eigenvalue weighted by Crippen LogP contribution is 2.04. The van der Waals surface area contributed by atoms with Crippen LogP contribution in [-0.2, 0) is 16.1 Å². The summed E-state index contributed by atoms with van der Waals surface area (Å²) in [5, 5.41) is 18.6. The Hall–Kier alpha value is -1.63. The zero-order chi connectivity index (χ0) is 18.4. The number of benzene rings is 1. The number of unbranched alkanes of at least 4 members (excludes halogenated alkanes) is 1. The molecule has 1 aromatic rings. The molecule has 0 fully saturated rings. The number of ketones is 1. The molecule has 6 nitrogen and oxygen atoms in total. The van der Waals surface area contributed by atoms with Crippen molar-refractivity contribution in [2.24, 2.45) is 5.16 Å². The Morgan fingerprint density at radius 2 is 1.83 bits per heavy atom. The highest BCUT2D eigenvalue weighted by atomic mass is 35.5. The molecule has 134 valence electrons. The molecular formula is C16H22Cl2N2O4. The number of carbonyl (C=O) groups is 2. The van der Waals surface area contributed by atoms with Gasteiger partial charge in [-0.25, -0.2) is 4.79 Å². The van der Waals surface area contributed by atoms with Crippen LogP contribution in [0, 0.1) is 0 Å². The molecule has 0 aliphatic rings. The summed E-state index contributed by atoms with van der Waals surface area (Å²) in [5.41, 5.74) is 1.29. The van der Waals surface area contributed by atoms with Crippen molar-refractivity contribution in [2.45, 2.75) is 30.6 Å². The lowest BCUT2D eigenvalue weighted by atomic mass is 10.1. The van der Waals surface area contributed by atoms with E-state index in [0.717, 1.165) is 32.1 Å². The Labute approximate surface area is 151 Å². The Morgan fingerprint density at radius 3 is 2.33 bits per heavy atom. The van der Waals surface area contributed by atoms with Crippen LogP contribution in [0.25, 0.3) is 0 Å². The fraction of sp³-hybridized carbons (Fsp3) is 0.438. The van der Waals surface area contributed by atoms with Crippen LogP contribution in [-0.4, -0.2) is 51.6 Å². The predicted molar refractivity (Wildman–Crippen MR) is 95.0 cm³/mol. The normalized spacial score (nSPS) is 10.7. The maximum Gasteiger partial charge on any atom is 0.337 e. The van der Waals surface area contributed by atoms with Gasteiger partial charge in [0, 0.05) is 13.0 Å². The van der Waals surface area contributed by atoms with E-state index in [2.05, 4.69) is 29.2 Å². The number of halogens is 2. The third-order valence-corrected chi connectivity index (χ3v) is 3.27. The van der Waals surface area contributed by atoms with Gasteiger partial charge in [-0.15, -0.1) is 0 Å². The van der Waals surface area contributed by atoms with Crippen LogP contribution < -0.4 is 0 Å².